The van der Waals surface area contributed by atoms with Crippen LogP contribution in [0.4, 0.5) is 0 Å². The van der Waals surface area contributed by atoms with E-state index in [1.807, 2.05) is 24.5 Å². The fraction of sp³-hybridized carbons (Fsp3) is 0.345. The van der Waals surface area contributed by atoms with Crippen LogP contribution in [0.1, 0.15) is 71.2 Å². The number of aryl methyl sites for hydroxylation is 1. The Labute approximate surface area is 389 Å². The van der Waals surface area contributed by atoms with Crippen molar-refractivity contribution in [3.63, 3.8) is 0 Å². The molecule has 10 atom stereocenters. The Morgan fingerprint density at radius 3 is 1.64 bits per heavy atom. The highest BCUT2D eigenvalue weighted by atomic mass is 16.5. The average molecular weight is 873 g/mol. The first-order chi connectivity index (χ1) is 32.3. The molecule has 6 aliphatic heterocycles. The van der Waals surface area contributed by atoms with Crippen molar-refractivity contribution in [1.29, 1.82) is 0 Å². The largest absolute Gasteiger partial charge is 0.497 e. The molecule has 8 heteroatoms. The Morgan fingerprint density at radius 1 is 0.636 bits per heavy atom. The van der Waals surface area contributed by atoms with Crippen molar-refractivity contribution in [2.75, 3.05) is 40.4 Å². The molecule has 6 aliphatic rings. The molecule has 6 saturated heterocycles. The molecule has 4 bridgehead atoms. The van der Waals surface area contributed by atoms with Crippen LogP contribution in [0, 0.1) is 37.5 Å². The molecule has 0 saturated carbocycles. The van der Waals surface area contributed by atoms with Crippen molar-refractivity contribution in [2.45, 2.75) is 63.5 Å². The zero-order chi connectivity index (χ0) is 45.1. The molecule has 0 amide bonds. The minimum absolute atomic E-state index is 0.139. The van der Waals surface area contributed by atoms with Crippen LogP contribution in [0.2, 0.25) is 0 Å². The van der Waals surface area contributed by atoms with E-state index in [9.17, 15) is 0 Å². The first-order valence-electron chi connectivity index (χ1n) is 24.0. The van der Waals surface area contributed by atoms with Gasteiger partial charge in [0, 0.05) is 71.3 Å². The topological polar surface area (TPSA) is 76.5 Å². The molecular formula is C58H60N6O2. The van der Waals surface area contributed by atoms with E-state index in [1.54, 1.807) is 14.2 Å². The molecule has 13 rings (SSSR count). The molecule has 0 spiro atoms. The highest BCUT2D eigenvalue weighted by molar-refractivity contribution is 5.87. The third-order valence-electron chi connectivity index (χ3n) is 16.2. The van der Waals surface area contributed by atoms with Crippen molar-refractivity contribution in [3.8, 4) is 34.0 Å². The predicted octanol–water partition coefficient (Wildman–Crippen LogP) is 11.6. The molecule has 0 aliphatic carbocycles. The van der Waals surface area contributed by atoms with E-state index >= 15 is 0 Å². The number of benzene rings is 4. The fourth-order valence-electron chi connectivity index (χ4n) is 12.6. The smallest absolute Gasteiger partial charge is 0.160 e. The van der Waals surface area contributed by atoms with Crippen molar-refractivity contribution in [3.05, 3.63) is 168 Å². The number of hydrogen-bond donors (Lipinski definition) is 0. The first-order valence-corrected chi connectivity index (χ1v) is 24.0. The lowest BCUT2D eigenvalue weighted by Gasteiger charge is -2.52. The van der Waals surface area contributed by atoms with Gasteiger partial charge in [0.2, 0.25) is 0 Å². The van der Waals surface area contributed by atoms with Gasteiger partial charge in [0.25, 0.3) is 0 Å². The van der Waals surface area contributed by atoms with Crippen LogP contribution in [0.3, 0.4) is 0 Å². The van der Waals surface area contributed by atoms with Gasteiger partial charge in [0.05, 0.1) is 36.6 Å². The number of piperidine rings is 6. The Morgan fingerprint density at radius 2 is 1.17 bits per heavy atom. The summed E-state index contributed by atoms with van der Waals surface area (Å²) in [6.07, 6.45) is 12.8. The third-order valence-corrected chi connectivity index (χ3v) is 16.2. The molecule has 0 N–H and O–H groups in total. The SMILES string of the molecule is C=C[C@H]1CN2CC[C@H]1C[C@@H]2[C@@H](c1nc(-c2cccc(C)c2C)nc([C@@H](c2ccnc3ccc(OC)cc23)[C@H]2C[C@@H]3CCN2C[C@@H]3C=C)c1-c1ccccc1)c1ccnc2ccc(OC)cc12. The number of methoxy groups -OCH3 is 2. The van der Waals surface area contributed by atoms with E-state index < -0.39 is 0 Å². The second-order valence-electron chi connectivity index (χ2n) is 19.3. The summed E-state index contributed by atoms with van der Waals surface area (Å²) < 4.78 is 11.9. The number of fused-ring (bicyclic) bond motifs is 8. The van der Waals surface area contributed by atoms with Crippen LogP contribution in [-0.4, -0.2) is 82.2 Å². The molecule has 3 aromatic heterocycles. The maximum Gasteiger partial charge on any atom is 0.160 e. The van der Waals surface area contributed by atoms with Gasteiger partial charge < -0.3 is 9.47 Å². The lowest BCUT2D eigenvalue weighted by Crippen LogP contribution is -2.55. The Bertz CT molecular complexity index is 2820. The molecule has 4 aromatic carbocycles. The number of hydrogen-bond acceptors (Lipinski definition) is 8. The summed E-state index contributed by atoms with van der Waals surface area (Å²) in [5.74, 6) is 4.12. The quantitative estimate of drug-likeness (QED) is 0.112. The summed E-state index contributed by atoms with van der Waals surface area (Å²) in [4.78, 5) is 27.5. The van der Waals surface area contributed by atoms with Gasteiger partial charge in [-0.15, -0.1) is 13.2 Å². The van der Waals surface area contributed by atoms with Crippen LogP contribution in [0.15, 0.2) is 135 Å². The summed E-state index contributed by atoms with van der Waals surface area (Å²) in [7, 11) is 3.50. The lowest BCUT2D eigenvalue weighted by molar-refractivity contribution is 0.0108. The predicted molar refractivity (Wildman–Crippen MR) is 266 cm³/mol. The van der Waals surface area contributed by atoms with Gasteiger partial charge in [0.1, 0.15) is 11.5 Å². The molecule has 9 heterocycles. The van der Waals surface area contributed by atoms with Gasteiger partial charge >= 0.3 is 0 Å². The molecule has 2 unspecified atom stereocenters. The third kappa shape index (κ3) is 7.30. The minimum Gasteiger partial charge on any atom is -0.497 e. The number of ether oxygens (including phenoxy) is 2. The average Bonchev–Trinajstić information content (AvgIpc) is 3.37. The molecule has 6 fully saturated rings. The lowest BCUT2D eigenvalue weighted by atomic mass is 9.68. The Kier molecular flexibility index (Phi) is 11.3. The van der Waals surface area contributed by atoms with Gasteiger partial charge in [-0.25, -0.2) is 9.97 Å². The minimum atomic E-state index is -0.139. The fourth-order valence-corrected chi connectivity index (χ4v) is 12.6. The van der Waals surface area contributed by atoms with E-state index in [1.165, 1.54) is 35.1 Å². The monoisotopic (exact) mass is 872 g/mol. The van der Waals surface area contributed by atoms with Crippen LogP contribution >= 0.6 is 0 Å². The standard InChI is InChI=1S/C58H60N6O2/c1-7-37-33-63-27-23-40(37)29-51(63)54(45-21-25-59-49-19-17-42(65-5)31-47(45)49)56-53(39-14-10-9-11-15-39)57(62-58(61-56)44-16-12-13-35(3)36(44)4)55(52-30-41-24-28-64(52)34-38(41)8-2)46-22-26-60-50-20-18-43(66-6)32-48(46)50/h7-22,25-26,31-32,37-38,40-41,51-52,54-55H,1-2,23-24,27-30,33-34H2,3-6H3/t37-,38-,40-,41-,51+,52+,54-,55-/m0/s1. The van der Waals surface area contributed by atoms with E-state index in [2.05, 4.69) is 134 Å². The van der Waals surface area contributed by atoms with Gasteiger partial charge in [-0.05, 0) is 153 Å². The second-order valence-corrected chi connectivity index (χ2v) is 19.3. The van der Waals surface area contributed by atoms with Gasteiger partial charge in [-0.3, -0.25) is 19.8 Å². The number of pyridine rings is 2. The second kappa shape index (κ2) is 17.5. The van der Waals surface area contributed by atoms with Crippen molar-refractivity contribution in [2.24, 2.45) is 23.7 Å². The molecule has 334 valence electrons. The van der Waals surface area contributed by atoms with Crippen molar-refractivity contribution < 1.29 is 9.47 Å². The van der Waals surface area contributed by atoms with E-state index in [0.29, 0.717) is 23.7 Å². The summed E-state index contributed by atoms with van der Waals surface area (Å²) in [6, 6.07) is 35.1. The van der Waals surface area contributed by atoms with E-state index in [-0.39, 0.29) is 23.9 Å². The van der Waals surface area contributed by atoms with E-state index in [0.717, 1.165) is 106 Å². The van der Waals surface area contributed by atoms with Crippen molar-refractivity contribution >= 4 is 21.8 Å². The summed E-state index contributed by atoms with van der Waals surface area (Å²) in [5, 5.41) is 2.18. The normalized spacial score (nSPS) is 25.4. The van der Waals surface area contributed by atoms with Crippen LogP contribution < -0.4 is 9.47 Å². The maximum absolute atomic E-state index is 6.02. The Balaban J connectivity index is 1.28. The Hall–Kier alpha value is -6.22. The number of aromatic nitrogens is 4. The van der Waals surface area contributed by atoms with Crippen molar-refractivity contribution in [1.82, 2.24) is 29.7 Å². The zero-order valence-corrected chi connectivity index (χ0v) is 38.7. The van der Waals surface area contributed by atoms with Crippen LogP contribution in [0.25, 0.3) is 44.3 Å². The molecule has 8 nitrogen and oxygen atoms in total. The van der Waals surface area contributed by atoms with Gasteiger partial charge in [0.15, 0.2) is 5.82 Å². The van der Waals surface area contributed by atoms with Gasteiger partial charge in [-0.1, -0.05) is 60.7 Å². The zero-order valence-electron chi connectivity index (χ0n) is 38.7. The van der Waals surface area contributed by atoms with Crippen LogP contribution in [-0.2, 0) is 0 Å². The highest BCUT2D eigenvalue weighted by Gasteiger charge is 2.48. The summed E-state index contributed by atoms with van der Waals surface area (Å²) in [5.41, 5.74) is 12.2. The number of nitrogens with zero attached hydrogens (tertiary/aromatic N) is 6. The number of rotatable bonds is 12. The first kappa shape index (κ1) is 42.4. The van der Waals surface area contributed by atoms with Gasteiger partial charge in [-0.2, -0.15) is 0 Å². The molecular weight excluding hydrogens is 813 g/mol. The van der Waals surface area contributed by atoms with Crippen LogP contribution in [0.5, 0.6) is 11.5 Å². The van der Waals surface area contributed by atoms with E-state index in [4.69, 9.17) is 29.4 Å². The highest BCUT2D eigenvalue weighted by Crippen LogP contribution is 2.52. The summed E-state index contributed by atoms with van der Waals surface area (Å²) >= 11 is 0. The molecule has 7 aromatic rings. The molecule has 0 radical (unpaired) electrons. The maximum atomic E-state index is 6.02. The summed E-state index contributed by atoms with van der Waals surface area (Å²) in [6.45, 7) is 17.1. The molecule has 66 heavy (non-hydrogen) atoms.